The summed E-state index contributed by atoms with van der Waals surface area (Å²) in [7, 11) is 0. The third-order valence-electron chi connectivity index (χ3n) is 1.43. The molecule has 0 aliphatic carbocycles. The first-order valence-corrected chi connectivity index (χ1v) is 3.42. The molecule has 0 bridgehead atoms. The summed E-state index contributed by atoms with van der Waals surface area (Å²) in [5.74, 6) is -8.92. The summed E-state index contributed by atoms with van der Waals surface area (Å²) in [4.78, 5) is 0. The van der Waals surface area contributed by atoms with Gasteiger partial charge in [-0.05, 0) is 0 Å². The van der Waals surface area contributed by atoms with Crippen molar-refractivity contribution in [2.45, 2.75) is 37.9 Å². The maximum atomic E-state index is 12.7. The lowest BCUT2D eigenvalue weighted by Gasteiger charge is -2.31. The third-order valence-corrected chi connectivity index (χ3v) is 1.43. The first-order valence-electron chi connectivity index (χ1n) is 3.42. The van der Waals surface area contributed by atoms with Crippen LogP contribution in [0.1, 0.15) is 13.8 Å². The Balaban J connectivity index is 4.89. The van der Waals surface area contributed by atoms with Crippen LogP contribution in [0, 0.1) is 0 Å². The van der Waals surface area contributed by atoms with Gasteiger partial charge < -0.3 is 0 Å². The van der Waals surface area contributed by atoms with Crippen LogP contribution < -0.4 is 0 Å². The third kappa shape index (κ3) is 3.18. The Labute approximate surface area is 79.0 Å². The summed E-state index contributed by atoms with van der Waals surface area (Å²) < 4.78 is 98.1. The molecule has 0 rings (SSSR count). The number of ether oxygens (including phenoxy) is 1. The largest absolute Gasteiger partial charge is 0.483 e. The zero-order valence-corrected chi connectivity index (χ0v) is 7.43. The van der Waals surface area contributed by atoms with Crippen LogP contribution in [0.5, 0.6) is 0 Å². The van der Waals surface area contributed by atoms with E-state index in [4.69, 9.17) is 0 Å². The summed E-state index contributed by atoms with van der Waals surface area (Å²) in [5, 5.41) is 0. The van der Waals surface area contributed by atoms with Crippen molar-refractivity contribution >= 4 is 0 Å². The fourth-order valence-corrected chi connectivity index (χ4v) is 0.388. The van der Waals surface area contributed by atoms with E-state index in [1.54, 1.807) is 0 Å². The molecule has 0 N–H and O–H groups in total. The number of hydrogen-bond donors (Lipinski definition) is 0. The molecule has 9 heteroatoms. The molecule has 0 aromatic carbocycles. The van der Waals surface area contributed by atoms with E-state index in [0.717, 1.165) is 0 Å². The van der Waals surface area contributed by atoms with E-state index in [0.29, 0.717) is 0 Å². The number of alkyl halides is 8. The van der Waals surface area contributed by atoms with E-state index < -0.39 is 24.1 Å². The lowest BCUT2D eigenvalue weighted by molar-refractivity contribution is -0.452. The van der Waals surface area contributed by atoms with Gasteiger partial charge in [-0.2, -0.15) is 22.0 Å². The number of halogens is 8. The number of hydrogen-bond acceptors (Lipinski definition) is 1. The van der Waals surface area contributed by atoms with Crippen LogP contribution in [0.2, 0.25) is 0 Å². The van der Waals surface area contributed by atoms with E-state index >= 15 is 0 Å². The van der Waals surface area contributed by atoms with Crippen LogP contribution in [-0.4, -0.2) is 24.1 Å². The summed E-state index contributed by atoms with van der Waals surface area (Å²) in [5.41, 5.74) is 0. The van der Waals surface area contributed by atoms with Gasteiger partial charge in [0.15, 0.2) is 0 Å². The van der Waals surface area contributed by atoms with Crippen LogP contribution in [0.15, 0.2) is 0 Å². The molecule has 0 aromatic heterocycles. The van der Waals surface area contributed by atoms with Crippen molar-refractivity contribution in [2.24, 2.45) is 0 Å². The average molecular weight is 246 g/mol. The minimum Gasteiger partial charge on any atom is -0.270 e. The minimum absolute atomic E-state index is 0.181. The quantitative estimate of drug-likeness (QED) is 0.692. The molecular formula is C6H6F8O. The predicted molar refractivity (Wildman–Crippen MR) is 32.2 cm³/mol. The van der Waals surface area contributed by atoms with Crippen LogP contribution in [-0.2, 0) is 4.74 Å². The van der Waals surface area contributed by atoms with Crippen LogP contribution in [0.3, 0.4) is 0 Å². The Hall–Kier alpha value is -0.600. The van der Waals surface area contributed by atoms with Crippen LogP contribution in [0.25, 0.3) is 0 Å². The van der Waals surface area contributed by atoms with E-state index in [1.165, 1.54) is 0 Å². The number of rotatable bonds is 3. The molecule has 0 radical (unpaired) electrons. The fourth-order valence-electron chi connectivity index (χ4n) is 0.388. The van der Waals surface area contributed by atoms with Crippen molar-refractivity contribution in [3.63, 3.8) is 0 Å². The van der Waals surface area contributed by atoms with Crippen molar-refractivity contribution in [1.82, 2.24) is 0 Å². The molecule has 1 atom stereocenters. The van der Waals surface area contributed by atoms with Gasteiger partial charge in [0, 0.05) is 13.8 Å². The Morgan fingerprint density at radius 3 is 1.27 bits per heavy atom. The minimum atomic E-state index is -6.26. The van der Waals surface area contributed by atoms with Crippen molar-refractivity contribution in [3.8, 4) is 0 Å². The maximum absolute atomic E-state index is 12.7. The first-order chi connectivity index (χ1) is 6.21. The van der Waals surface area contributed by atoms with Gasteiger partial charge in [0.05, 0.1) is 0 Å². The van der Waals surface area contributed by atoms with Gasteiger partial charge in [0.1, 0.15) is 0 Å². The lowest BCUT2D eigenvalue weighted by atomic mass is 10.2. The molecule has 1 nitrogen and oxygen atoms in total. The van der Waals surface area contributed by atoms with Gasteiger partial charge >= 0.3 is 18.2 Å². The van der Waals surface area contributed by atoms with Crippen molar-refractivity contribution < 1.29 is 39.9 Å². The van der Waals surface area contributed by atoms with Gasteiger partial charge in [-0.25, -0.2) is 13.2 Å². The van der Waals surface area contributed by atoms with Crippen molar-refractivity contribution in [1.29, 1.82) is 0 Å². The topological polar surface area (TPSA) is 9.23 Å². The molecule has 15 heavy (non-hydrogen) atoms. The first kappa shape index (κ1) is 14.4. The molecule has 0 heterocycles. The second-order valence-electron chi connectivity index (χ2n) is 2.92. The highest BCUT2D eigenvalue weighted by Gasteiger charge is 2.66. The molecule has 0 aromatic rings. The summed E-state index contributed by atoms with van der Waals surface area (Å²) in [6, 6.07) is 0. The Bertz CT molecular complexity index is 200. The van der Waals surface area contributed by atoms with Gasteiger partial charge in [-0.1, -0.05) is 0 Å². The van der Waals surface area contributed by atoms with Gasteiger partial charge in [-0.15, -0.1) is 0 Å². The van der Waals surface area contributed by atoms with E-state index in [-0.39, 0.29) is 13.8 Å². The van der Waals surface area contributed by atoms with E-state index in [2.05, 4.69) is 4.74 Å². The normalized spacial score (nSPS) is 18.8. The van der Waals surface area contributed by atoms with E-state index in [1.807, 2.05) is 0 Å². The van der Waals surface area contributed by atoms with Crippen molar-refractivity contribution in [2.75, 3.05) is 0 Å². The van der Waals surface area contributed by atoms with Crippen molar-refractivity contribution in [3.05, 3.63) is 0 Å². The Kier molecular flexibility index (Phi) is 3.32. The standard InChI is InChI=1S/C6H6F8O/c1-3(7,8)4(2,9)15-6(13,14)5(10,11)12/h1-2H3. The molecule has 0 aliphatic heterocycles. The highest BCUT2D eigenvalue weighted by Crippen LogP contribution is 2.44. The molecule has 0 amide bonds. The SMILES string of the molecule is CC(F)(F)C(C)(F)OC(F)(F)C(F)(F)F. The van der Waals surface area contributed by atoms with Gasteiger partial charge in [0.25, 0.3) is 5.85 Å². The highest BCUT2D eigenvalue weighted by molar-refractivity contribution is 4.80. The average Bonchev–Trinajstić information content (AvgIpc) is 1.77. The lowest BCUT2D eigenvalue weighted by Crippen LogP contribution is -2.51. The predicted octanol–water partition coefficient (Wildman–Crippen LogP) is 3.50. The zero-order valence-electron chi connectivity index (χ0n) is 7.43. The molecule has 0 fully saturated rings. The van der Waals surface area contributed by atoms with Gasteiger partial charge in [-0.3, -0.25) is 4.74 Å². The second kappa shape index (κ2) is 3.46. The monoisotopic (exact) mass is 246 g/mol. The molecule has 0 saturated heterocycles. The maximum Gasteiger partial charge on any atom is 0.483 e. The van der Waals surface area contributed by atoms with Crippen LogP contribution >= 0.6 is 0 Å². The summed E-state index contributed by atoms with van der Waals surface area (Å²) in [6.45, 7) is -0.397. The molecule has 0 spiro atoms. The smallest absolute Gasteiger partial charge is 0.270 e. The fraction of sp³-hybridized carbons (Fsp3) is 1.00. The molecule has 92 valence electrons. The highest BCUT2D eigenvalue weighted by atomic mass is 19.4. The summed E-state index contributed by atoms with van der Waals surface area (Å²) >= 11 is 0. The Morgan fingerprint density at radius 2 is 1.07 bits per heavy atom. The van der Waals surface area contributed by atoms with E-state index in [9.17, 15) is 35.1 Å². The molecule has 1 unspecified atom stereocenters. The zero-order chi connectivity index (χ0) is 12.7. The van der Waals surface area contributed by atoms with Crippen LogP contribution in [0.4, 0.5) is 35.1 Å². The molecular weight excluding hydrogens is 240 g/mol. The summed E-state index contributed by atoms with van der Waals surface area (Å²) in [6.07, 6.45) is -12.2. The van der Waals surface area contributed by atoms with Gasteiger partial charge in [0.2, 0.25) is 0 Å². The molecule has 0 aliphatic rings. The molecule has 0 saturated carbocycles. The second-order valence-corrected chi connectivity index (χ2v) is 2.92. The Morgan fingerprint density at radius 1 is 0.733 bits per heavy atom.